The molecule has 1 fully saturated rings. The summed E-state index contributed by atoms with van der Waals surface area (Å²) in [5, 5.41) is 17.7. The van der Waals surface area contributed by atoms with E-state index in [4.69, 9.17) is 15.9 Å². The Kier molecular flexibility index (Phi) is 6.33. The summed E-state index contributed by atoms with van der Waals surface area (Å²) in [7, 11) is 3.32. The van der Waals surface area contributed by atoms with E-state index < -0.39 is 5.97 Å². The third-order valence-electron chi connectivity index (χ3n) is 7.26. The summed E-state index contributed by atoms with van der Waals surface area (Å²) in [6.07, 6.45) is 2.85. The van der Waals surface area contributed by atoms with Crippen molar-refractivity contribution < 1.29 is 19.4 Å². The van der Waals surface area contributed by atoms with Crippen LogP contribution in [0.1, 0.15) is 50.2 Å². The van der Waals surface area contributed by atoms with Gasteiger partial charge < -0.3 is 25.4 Å². The van der Waals surface area contributed by atoms with E-state index in [2.05, 4.69) is 4.90 Å². The van der Waals surface area contributed by atoms with Gasteiger partial charge in [0.2, 0.25) is 0 Å². The predicted molar refractivity (Wildman–Crippen MR) is 143 cm³/mol. The molecule has 0 spiro atoms. The number of amidine groups is 1. The van der Waals surface area contributed by atoms with Crippen LogP contribution < -0.4 is 15.4 Å². The molecule has 37 heavy (non-hydrogen) atoms. The fraction of sp³-hybridized carbons (Fsp3) is 0.276. The van der Waals surface area contributed by atoms with Gasteiger partial charge in [0.05, 0.1) is 12.7 Å². The SMILES string of the molecule is COc1ccc(-c2cc(C(=O)N(C)C3CC3)ccc2CN2CCc3cc(C(=N)N)ccc32)c(C(=O)O)c1. The molecule has 0 aromatic heterocycles. The Morgan fingerprint density at radius 1 is 1.08 bits per heavy atom. The number of nitrogens with zero attached hydrogens (tertiary/aromatic N) is 2. The van der Waals surface area contributed by atoms with Crippen LogP contribution in [-0.2, 0) is 13.0 Å². The molecule has 4 N–H and O–H groups in total. The van der Waals surface area contributed by atoms with Crippen molar-refractivity contribution in [3.05, 3.63) is 82.4 Å². The molecule has 1 aliphatic heterocycles. The van der Waals surface area contributed by atoms with E-state index >= 15 is 0 Å². The lowest BCUT2D eigenvalue weighted by atomic mass is 9.92. The van der Waals surface area contributed by atoms with Gasteiger partial charge in [0.25, 0.3) is 5.91 Å². The lowest BCUT2D eigenvalue weighted by molar-refractivity contribution is 0.0696. The van der Waals surface area contributed by atoms with Gasteiger partial charge in [-0.15, -0.1) is 0 Å². The van der Waals surface area contributed by atoms with Crippen LogP contribution in [0, 0.1) is 5.41 Å². The van der Waals surface area contributed by atoms with Gasteiger partial charge in [-0.25, -0.2) is 4.79 Å². The number of carboxylic acids is 1. The van der Waals surface area contributed by atoms with Crippen molar-refractivity contribution in [2.45, 2.75) is 31.8 Å². The molecule has 1 aliphatic carbocycles. The summed E-state index contributed by atoms with van der Waals surface area (Å²) in [6, 6.07) is 16.6. The molecule has 3 aromatic rings. The lowest BCUT2D eigenvalue weighted by Crippen LogP contribution is -2.29. The summed E-state index contributed by atoms with van der Waals surface area (Å²) in [6.45, 7) is 1.33. The van der Waals surface area contributed by atoms with Crippen LogP contribution in [0.15, 0.2) is 54.6 Å². The minimum atomic E-state index is -1.06. The minimum Gasteiger partial charge on any atom is -0.497 e. The number of amides is 1. The molecule has 190 valence electrons. The topological polar surface area (TPSA) is 120 Å². The van der Waals surface area contributed by atoms with Crippen molar-refractivity contribution in [3.8, 4) is 16.9 Å². The highest BCUT2D eigenvalue weighted by Gasteiger charge is 2.31. The number of hydrogen-bond donors (Lipinski definition) is 3. The Morgan fingerprint density at radius 2 is 1.84 bits per heavy atom. The van der Waals surface area contributed by atoms with Crippen molar-refractivity contribution in [1.82, 2.24) is 4.90 Å². The Morgan fingerprint density at radius 3 is 2.51 bits per heavy atom. The van der Waals surface area contributed by atoms with Crippen molar-refractivity contribution >= 4 is 23.4 Å². The van der Waals surface area contributed by atoms with Crippen LogP contribution in [0.5, 0.6) is 5.75 Å². The summed E-state index contributed by atoms with van der Waals surface area (Å²) < 4.78 is 5.27. The first-order valence-electron chi connectivity index (χ1n) is 12.3. The van der Waals surface area contributed by atoms with Gasteiger partial charge in [-0.05, 0) is 90.0 Å². The zero-order valence-corrected chi connectivity index (χ0v) is 21.0. The number of carboxylic acid groups (broad SMARTS) is 1. The van der Waals surface area contributed by atoms with Gasteiger partial charge in [0.15, 0.2) is 0 Å². The summed E-state index contributed by atoms with van der Waals surface area (Å²) in [5.74, 6) is -0.627. The van der Waals surface area contributed by atoms with Crippen molar-refractivity contribution in [2.75, 3.05) is 25.6 Å². The third-order valence-corrected chi connectivity index (χ3v) is 7.26. The quantitative estimate of drug-likeness (QED) is 0.317. The molecule has 0 bridgehead atoms. The maximum absolute atomic E-state index is 13.2. The van der Waals surface area contributed by atoms with Crippen LogP contribution in [0.25, 0.3) is 11.1 Å². The molecular weight excluding hydrogens is 468 g/mol. The molecular formula is C29H30N4O4. The second-order valence-electron chi connectivity index (χ2n) is 9.66. The number of carbonyl (C=O) groups excluding carboxylic acids is 1. The van der Waals surface area contributed by atoms with Crippen molar-refractivity contribution in [3.63, 3.8) is 0 Å². The lowest BCUT2D eigenvalue weighted by Gasteiger charge is -2.23. The molecule has 5 rings (SSSR count). The normalized spacial score (nSPS) is 14.3. The van der Waals surface area contributed by atoms with E-state index in [9.17, 15) is 14.7 Å². The van der Waals surface area contributed by atoms with E-state index in [1.807, 2.05) is 43.4 Å². The van der Waals surface area contributed by atoms with E-state index in [0.29, 0.717) is 34.5 Å². The number of methoxy groups -OCH3 is 1. The molecule has 1 heterocycles. The molecule has 3 aromatic carbocycles. The highest BCUT2D eigenvalue weighted by atomic mass is 16.5. The molecule has 8 nitrogen and oxygen atoms in total. The first-order valence-corrected chi connectivity index (χ1v) is 12.3. The fourth-order valence-corrected chi connectivity index (χ4v) is 5.00. The van der Waals surface area contributed by atoms with Gasteiger partial charge in [0.1, 0.15) is 11.6 Å². The summed E-state index contributed by atoms with van der Waals surface area (Å²) in [4.78, 5) is 29.4. The molecule has 0 saturated heterocycles. The Balaban J connectivity index is 1.57. The van der Waals surface area contributed by atoms with Crippen LogP contribution in [0.4, 0.5) is 5.69 Å². The van der Waals surface area contributed by atoms with Gasteiger partial charge in [-0.2, -0.15) is 0 Å². The molecule has 0 radical (unpaired) electrons. The minimum absolute atomic E-state index is 0.0423. The number of aromatic carboxylic acids is 1. The van der Waals surface area contributed by atoms with Gasteiger partial charge in [0, 0.05) is 43.0 Å². The fourth-order valence-electron chi connectivity index (χ4n) is 5.00. The van der Waals surface area contributed by atoms with Gasteiger partial charge in [-0.1, -0.05) is 6.07 Å². The van der Waals surface area contributed by atoms with Crippen molar-refractivity contribution in [2.24, 2.45) is 5.73 Å². The highest BCUT2D eigenvalue weighted by Crippen LogP contribution is 2.36. The average Bonchev–Trinajstić information content (AvgIpc) is 3.68. The number of ether oxygens (including phenoxy) is 1. The zero-order chi connectivity index (χ0) is 26.3. The van der Waals surface area contributed by atoms with Gasteiger partial charge >= 0.3 is 5.97 Å². The standard InChI is InChI=1S/C29H30N4O4/c1-32(21-6-7-21)28(34)19-3-4-20(16-33-12-11-17-13-18(27(30)31)5-10-26(17)33)24(14-19)23-9-8-22(37-2)15-25(23)29(35)36/h3-5,8-10,13-15,21H,6-7,11-12,16H2,1-2H3,(H3,30,31)(H,35,36). The number of nitrogen functional groups attached to an aromatic ring is 1. The van der Waals surface area contributed by atoms with Crippen LogP contribution in [0.2, 0.25) is 0 Å². The zero-order valence-electron chi connectivity index (χ0n) is 21.0. The number of hydrogen-bond acceptors (Lipinski definition) is 5. The number of nitrogens with two attached hydrogens (primary N) is 1. The summed E-state index contributed by atoms with van der Waals surface area (Å²) >= 11 is 0. The molecule has 2 aliphatic rings. The second kappa shape index (κ2) is 9.61. The largest absolute Gasteiger partial charge is 0.497 e. The molecule has 0 unspecified atom stereocenters. The third kappa shape index (κ3) is 4.74. The Hall–Kier alpha value is -4.33. The maximum Gasteiger partial charge on any atom is 0.336 e. The number of rotatable bonds is 8. The van der Waals surface area contributed by atoms with Crippen LogP contribution >= 0.6 is 0 Å². The highest BCUT2D eigenvalue weighted by molar-refractivity contribution is 6.00. The maximum atomic E-state index is 13.2. The van der Waals surface area contributed by atoms with Crippen molar-refractivity contribution in [1.29, 1.82) is 5.41 Å². The smallest absolute Gasteiger partial charge is 0.336 e. The number of nitrogens with one attached hydrogen (secondary N) is 1. The van der Waals surface area contributed by atoms with E-state index in [0.717, 1.165) is 42.6 Å². The number of benzene rings is 3. The Bertz CT molecular complexity index is 1410. The molecule has 1 saturated carbocycles. The molecule has 1 amide bonds. The average molecular weight is 499 g/mol. The number of fused-ring (bicyclic) bond motifs is 1. The first-order chi connectivity index (χ1) is 17.8. The van der Waals surface area contributed by atoms with E-state index in [1.54, 1.807) is 17.0 Å². The number of carbonyl (C=O) groups is 2. The first kappa shape index (κ1) is 24.4. The van der Waals surface area contributed by atoms with E-state index in [-0.39, 0.29) is 23.3 Å². The molecule has 8 heteroatoms. The van der Waals surface area contributed by atoms with Crippen LogP contribution in [-0.4, -0.2) is 54.5 Å². The summed E-state index contributed by atoms with van der Waals surface area (Å²) in [5.41, 5.74) is 11.4. The molecule has 0 atom stereocenters. The second-order valence-corrected chi connectivity index (χ2v) is 9.66. The Labute approximate surface area is 215 Å². The monoisotopic (exact) mass is 498 g/mol. The predicted octanol–water partition coefficient (Wildman–Crippen LogP) is 4.14. The van der Waals surface area contributed by atoms with E-state index in [1.165, 1.54) is 13.2 Å². The van der Waals surface area contributed by atoms with Gasteiger partial charge in [-0.3, -0.25) is 10.2 Å². The number of anilines is 1. The van der Waals surface area contributed by atoms with Crippen LogP contribution in [0.3, 0.4) is 0 Å².